The minimum Gasteiger partial charge on any atom is -0.354 e. The SMILES string of the molecule is C=C(SCCCC)N(C)P. The van der Waals surface area contributed by atoms with Crippen LogP contribution in [0.3, 0.4) is 0 Å². The quantitative estimate of drug-likeness (QED) is 0.469. The fourth-order valence-corrected chi connectivity index (χ4v) is 1.53. The molecule has 0 aromatic carbocycles. The third-order valence-corrected chi connectivity index (χ3v) is 2.77. The van der Waals surface area contributed by atoms with Crippen molar-refractivity contribution in [1.29, 1.82) is 0 Å². The summed E-state index contributed by atoms with van der Waals surface area (Å²) in [7, 11) is 4.59. The molecule has 0 radical (unpaired) electrons. The molecule has 0 aliphatic rings. The molecule has 0 rings (SSSR count). The normalized spacial score (nSPS) is 9.50. The molecule has 0 heterocycles. The van der Waals surface area contributed by atoms with Crippen LogP contribution < -0.4 is 0 Å². The van der Waals surface area contributed by atoms with Crippen LogP contribution in [-0.2, 0) is 0 Å². The molecule has 0 aliphatic carbocycles. The predicted octanol–water partition coefficient (Wildman–Crippen LogP) is 2.71. The number of hydrogen-bond acceptors (Lipinski definition) is 2. The molecule has 0 saturated carbocycles. The summed E-state index contributed by atoms with van der Waals surface area (Å²) in [6, 6.07) is 0. The van der Waals surface area contributed by atoms with E-state index < -0.39 is 0 Å². The lowest BCUT2D eigenvalue weighted by atomic mass is 10.4. The van der Waals surface area contributed by atoms with Gasteiger partial charge in [-0.15, -0.1) is 11.8 Å². The van der Waals surface area contributed by atoms with Gasteiger partial charge in [-0.3, -0.25) is 0 Å². The number of rotatable bonds is 5. The van der Waals surface area contributed by atoms with Gasteiger partial charge in [0, 0.05) is 7.05 Å². The van der Waals surface area contributed by atoms with Gasteiger partial charge < -0.3 is 4.67 Å². The fraction of sp³-hybridized carbons (Fsp3) is 0.714. The van der Waals surface area contributed by atoms with Gasteiger partial charge in [0.1, 0.15) is 0 Å². The van der Waals surface area contributed by atoms with Gasteiger partial charge in [0.15, 0.2) is 0 Å². The maximum atomic E-state index is 3.89. The first-order chi connectivity index (χ1) is 4.68. The molecule has 1 unspecified atom stereocenters. The molecule has 1 atom stereocenters. The molecule has 0 bridgehead atoms. The van der Waals surface area contributed by atoms with Crippen molar-refractivity contribution in [2.24, 2.45) is 0 Å². The Bertz CT molecular complexity index is 104. The van der Waals surface area contributed by atoms with Crippen molar-refractivity contribution in [3.05, 3.63) is 11.6 Å². The van der Waals surface area contributed by atoms with E-state index in [1.54, 1.807) is 0 Å². The monoisotopic (exact) mass is 177 g/mol. The molecular formula is C7H16NPS. The minimum atomic E-state index is 1.12. The lowest BCUT2D eigenvalue weighted by molar-refractivity contribution is 0.759. The molecule has 1 nitrogen and oxygen atoms in total. The Balaban J connectivity index is 3.22. The first-order valence-corrected chi connectivity index (χ1v) is 4.98. The predicted molar refractivity (Wildman–Crippen MR) is 54.0 cm³/mol. The van der Waals surface area contributed by atoms with E-state index in [1.165, 1.54) is 18.6 Å². The van der Waals surface area contributed by atoms with Gasteiger partial charge in [0.25, 0.3) is 0 Å². The molecule has 0 amide bonds. The maximum Gasteiger partial charge on any atom is 0.0660 e. The summed E-state index contributed by atoms with van der Waals surface area (Å²) < 4.78 is 1.97. The Kier molecular flexibility index (Phi) is 6.25. The summed E-state index contributed by atoms with van der Waals surface area (Å²) in [6.45, 7) is 6.10. The standard InChI is InChI=1S/C7H16NPS/c1-4-5-6-10-7(2)8(3)9/h2,4-6,9H2,1,3H3. The summed E-state index contributed by atoms with van der Waals surface area (Å²) >= 11 is 1.82. The topological polar surface area (TPSA) is 3.24 Å². The van der Waals surface area contributed by atoms with Crippen molar-refractivity contribution in [3.63, 3.8) is 0 Å². The highest BCUT2D eigenvalue weighted by Crippen LogP contribution is 2.20. The summed E-state index contributed by atoms with van der Waals surface area (Å²) in [4.78, 5) is 0. The number of unbranched alkanes of at least 4 members (excludes halogenated alkanes) is 1. The lowest BCUT2D eigenvalue weighted by Crippen LogP contribution is -1.98. The molecule has 0 aliphatic heterocycles. The zero-order valence-corrected chi connectivity index (χ0v) is 8.73. The second-order valence-electron chi connectivity index (χ2n) is 2.21. The molecule has 0 N–H and O–H groups in total. The second kappa shape index (κ2) is 6.06. The minimum absolute atomic E-state index is 1.12. The average molecular weight is 177 g/mol. The summed E-state index contributed by atoms with van der Waals surface area (Å²) in [5, 5.41) is 1.12. The number of hydrogen-bond donors (Lipinski definition) is 0. The van der Waals surface area contributed by atoms with Crippen molar-refractivity contribution in [2.75, 3.05) is 12.8 Å². The molecule has 60 valence electrons. The Hall–Kier alpha value is 0.320. The number of nitrogens with zero attached hydrogens (tertiary/aromatic N) is 1. The van der Waals surface area contributed by atoms with Crippen molar-refractivity contribution in [2.45, 2.75) is 19.8 Å². The highest BCUT2D eigenvalue weighted by molar-refractivity contribution is 8.03. The Labute approximate surface area is 70.5 Å². The van der Waals surface area contributed by atoms with Gasteiger partial charge in [-0.25, -0.2) is 0 Å². The van der Waals surface area contributed by atoms with Gasteiger partial charge in [-0.1, -0.05) is 19.9 Å². The smallest absolute Gasteiger partial charge is 0.0660 e. The van der Waals surface area contributed by atoms with E-state index in [0.717, 1.165) is 5.03 Å². The van der Waals surface area contributed by atoms with Crippen LogP contribution >= 0.6 is 21.2 Å². The van der Waals surface area contributed by atoms with E-state index in [9.17, 15) is 0 Å². The first-order valence-electron chi connectivity index (χ1n) is 3.48. The lowest BCUT2D eigenvalue weighted by Gasteiger charge is -2.13. The average Bonchev–Trinajstić information content (AvgIpc) is 1.88. The van der Waals surface area contributed by atoms with E-state index in [4.69, 9.17) is 0 Å². The van der Waals surface area contributed by atoms with Crippen LogP contribution in [0, 0.1) is 0 Å². The highest BCUT2D eigenvalue weighted by Gasteiger charge is 1.94. The molecular weight excluding hydrogens is 161 g/mol. The van der Waals surface area contributed by atoms with Gasteiger partial charge >= 0.3 is 0 Å². The third kappa shape index (κ3) is 5.13. The summed E-state index contributed by atoms with van der Waals surface area (Å²) in [6.07, 6.45) is 2.54. The van der Waals surface area contributed by atoms with Crippen LogP contribution in [0.1, 0.15) is 19.8 Å². The maximum absolute atomic E-state index is 3.89. The van der Waals surface area contributed by atoms with Gasteiger partial charge in [-0.05, 0) is 21.6 Å². The van der Waals surface area contributed by atoms with Crippen LogP contribution in [0.5, 0.6) is 0 Å². The van der Waals surface area contributed by atoms with E-state index in [0.29, 0.717) is 0 Å². The molecule has 0 spiro atoms. The molecule has 10 heavy (non-hydrogen) atoms. The van der Waals surface area contributed by atoms with Crippen LogP contribution in [0.2, 0.25) is 0 Å². The van der Waals surface area contributed by atoms with Crippen molar-refractivity contribution in [3.8, 4) is 0 Å². The summed E-state index contributed by atoms with van der Waals surface area (Å²) in [5.74, 6) is 1.19. The van der Waals surface area contributed by atoms with Gasteiger partial charge in [-0.2, -0.15) is 0 Å². The highest BCUT2D eigenvalue weighted by atomic mass is 32.2. The van der Waals surface area contributed by atoms with Crippen LogP contribution in [0.4, 0.5) is 0 Å². The molecule has 0 saturated heterocycles. The zero-order valence-electron chi connectivity index (χ0n) is 6.76. The van der Waals surface area contributed by atoms with Crippen LogP contribution in [0.15, 0.2) is 11.6 Å². The van der Waals surface area contributed by atoms with Crippen molar-refractivity contribution >= 4 is 21.2 Å². The summed E-state index contributed by atoms with van der Waals surface area (Å²) in [5.41, 5.74) is 0. The zero-order chi connectivity index (χ0) is 7.98. The van der Waals surface area contributed by atoms with Gasteiger partial charge in [0.05, 0.1) is 5.03 Å². The third-order valence-electron chi connectivity index (χ3n) is 1.16. The second-order valence-corrected chi connectivity index (χ2v) is 4.15. The van der Waals surface area contributed by atoms with Gasteiger partial charge in [0.2, 0.25) is 0 Å². The van der Waals surface area contributed by atoms with Crippen molar-refractivity contribution < 1.29 is 0 Å². The molecule has 0 aromatic rings. The first kappa shape index (κ1) is 10.3. The molecule has 3 heteroatoms. The van der Waals surface area contributed by atoms with E-state index >= 15 is 0 Å². The van der Waals surface area contributed by atoms with Crippen LogP contribution in [0.25, 0.3) is 0 Å². The Morgan fingerprint density at radius 3 is 2.70 bits per heavy atom. The Morgan fingerprint density at radius 1 is 1.70 bits per heavy atom. The van der Waals surface area contributed by atoms with E-state index in [1.807, 2.05) is 23.5 Å². The van der Waals surface area contributed by atoms with E-state index in [2.05, 4.69) is 22.9 Å². The fourth-order valence-electron chi connectivity index (χ4n) is 0.436. The molecule has 0 aromatic heterocycles. The largest absolute Gasteiger partial charge is 0.354 e. The van der Waals surface area contributed by atoms with E-state index in [-0.39, 0.29) is 0 Å². The van der Waals surface area contributed by atoms with Crippen LogP contribution in [-0.4, -0.2) is 17.5 Å². The van der Waals surface area contributed by atoms with Crippen molar-refractivity contribution in [1.82, 2.24) is 4.67 Å². The molecule has 0 fully saturated rings. The Morgan fingerprint density at radius 2 is 2.30 bits per heavy atom. The number of thioether (sulfide) groups is 1.